The number of fused-ring (bicyclic) bond motifs is 1. The zero-order valence-electron chi connectivity index (χ0n) is 18.9. The second-order valence-electron chi connectivity index (χ2n) is 10.8. The first kappa shape index (κ1) is 22.8. The quantitative estimate of drug-likeness (QED) is 0.372. The van der Waals surface area contributed by atoms with E-state index < -0.39 is 16.6 Å². The van der Waals surface area contributed by atoms with Gasteiger partial charge >= 0.3 is 5.97 Å². The molecule has 0 aromatic carbocycles. The van der Waals surface area contributed by atoms with Gasteiger partial charge in [0.1, 0.15) is 18.3 Å². The Hall–Kier alpha value is -0.476. The topological polar surface area (TPSA) is 57.3 Å². The van der Waals surface area contributed by atoms with Crippen LogP contribution in [-0.4, -0.2) is 54.1 Å². The zero-order chi connectivity index (χ0) is 21.0. The molecule has 27 heavy (non-hydrogen) atoms. The van der Waals surface area contributed by atoms with E-state index in [1.807, 2.05) is 6.08 Å². The summed E-state index contributed by atoms with van der Waals surface area (Å²) in [5.74, 6) is -0.336. The maximum atomic E-state index is 12.2. The highest BCUT2D eigenvalue weighted by molar-refractivity contribution is 6.74. The predicted molar refractivity (Wildman–Crippen MR) is 113 cm³/mol. The third-order valence-corrected chi connectivity index (χ3v) is 15.7. The Morgan fingerprint density at radius 2 is 1.44 bits per heavy atom. The lowest BCUT2D eigenvalue weighted by molar-refractivity contribution is -0.136. The number of rotatable bonds is 5. The summed E-state index contributed by atoms with van der Waals surface area (Å²) in [4.78, 5) is 12.2. The van der Waals surface area contributed by atoms with Gasteiger partial charge in [0.15, 0.2) is 16.6 Å². The van der Waals surface area contributed by atoms with Crippen molar-refractivity contribution in [3.05, 3.63) is 11.6 Å². The van der Waals surface area contributed by atoms with Crippen molar-refractivity contribution >= 4 is 22.6 Å². The van der Waals surface area contributed by atoms with Gasteiger partial charge in [-0.15, -0.1) is 0 Å². The Labute approximate surface area is 167 Å². The molecule has 1 saturated heterocycles. The van der Waals surface area contributed by atoms with Gasteiger partial charge in [0.05, 0.1) is 18.8 Å². The summed E-state index contributed by atoms with van der Waals surface area (Å²) < 4.78 is 24.3. The van der Waals surface area contributed by atoms with Crippen molar-refractivity contribution in [2.75, 3.05) is 7.11 Å². The predicted octanol–water partition coefficient (Wildman–Crippen LogP) is 4.65. The summed E-state index contributed by atoms with van der Waals surface area (Å²) in [5.41, 5.74) is 0.571. The van der Waals surface area contributed by atoms with Gasteiger partial charge in [-0.2, -0.15) is 0 Å². The minimum absolute atomic E-state index is 0.0645. The molecule has 0 radical (unpaired) electrons. The van der Waals surface area contributed by atoms with Gasteiger partial charge in [-0.3, -0.25) is 0 Å². The normalized spacial score (nSPS) is 29.1. The molecule has 1 fully saturated rings. The molecule has 0 aromatic rings. The highest BCUT2D eigenvalue weighted by atomic mass is 28.4. The summed E-state index contributed by atoms with van der Waals surface area (Å²) in [6.45, 7) is 22.3. The molecule has 2 aliphatic rings. The summed E-state index contributed by atoms with van der Waals surface area (Å²) in [7, 11) is -2.67. The van der Waals surface area contributed by atoms with E-state index in [0.717, 1.165) is 0 Å². The molecule has 0 bridgehead atoms. The van der Waals surface area contributed by atoms with Crippen molar-refractivity contribution in [2.24, 2.45) is 0 Å². The number of esters is 1. The summed E-state index contributed by atoms with van der Waals surface area (Å²) in [6, 6.07) is 0. The monoisotopic (exact) mass is 414 g/mol. The van der Waals surface area contributed by atoms with Crippen LogP contribution in [0.25, 0.3) is 0 Å². The Bertz CT molecular complexity index is 613. The summed E-state index contributed by atoms with van der Waals surface area (Å²) in [6.07, 6.45) is 1.06. The van der Waals surface area contributed by atoms with Crippen LogP contribution < -0.4 is 0 Å². The first-order valence-corrected chi connectivity index (χ1v) is 15.6. The maximum Gasteiger partial charge on any atom is 0.336 e. The fourth-order valence-corrected chi connectivity index (χ4v) is 5.29. The zero-order valence-corrected chi connectivity index (χ0v) is 20.9. The highest BCUT2D eigenvalue weighted by Gasteiger charge is 2.59. The van der Waals surface area contributed by atoms with Crippen molar-refractivity contribution in [2.45, 2.75) is 102 Å². The molecule has 2 rings (SSSR count). The second-order valence-corrected chi connectivity index (χ2v) is 20.3. The highest BCUT2D eigenvalue weighted by Crippen LogP contribution is 2.47. The van der Waals surface area contributed by atoms with Crippen LogP contribution in [-0.2, 0) is 23.1 Å². The number of methoxy groups -OCH3 is 1. The van der Waals surface area contributed by atoms with Crippen molar-refractivity contribution in [3.63, 3.8) is 0 Å². The number of ether oxygens (including phenoxy) is 2. The SMILES string of the molecule is COC(=O)C1=C[C@@H](O[Si](C)(C)C(C)(C)C)[C@H](O[Si](C)(C)C(C)(C)C)C2OC12. The molecule has 1 heterocycles. The lowest BCUT2D eigenvalue weighted by atomic mass is 9.95. The minimum Gasteiger partial charge on any atom is -0.466 e. The van der Waals surface area contributed by atoms with E-state index in [2.05, 4.69) is 67.7 Å². The minimum atomic E-state index is -2.06. The van der Waals surface area contributed by atoms with Crippen LogP contribution in [0.1, 0.15) is 41.5 Å². The fourth-order valence-electron chi connectivity index (χ4n) is 2.75. The molecule has 0 saturated carbocycles. The molecule has 1 aliphatic carbocycles. The number of hydrogen-bond donors (Lipinski definition) is 0. The van der Waals surface area contributed by atoms with Crippen LogP contribution in [0.15, 0.2) is 11.6 Å². The number of hydrogen-bond acceptors (Lipinski definition) is 5. The third-order valence-electron chi connectivity index (χ3n) is 6.72. The number of carbonyl (C=O) groups excluding carboxylic acids is 1. The van der Waals surface area contributed by atoms with Crippen molar-refractivity contribution in [1.29, 1.82) is 0 Å². The Morgan fingerprint density at radius 3 is 1.89 bits per heavy atom. The molecule has 0 spiro atoms. The molecular formula is C20H38O5Si2. The van der Waals surface area contributed by atoms with Crippen molar-refractivity contribution in [1.82, 2.24) is 0 Å². The molecule has 1 aliphatic heterocycles. The Balaban J connectivity index is 2.37. The summed E-state index contributed by atoms with van der Waals surface area (Å²) >= 11 is 0. The van der Waals surface area contributed by atoms with Crippen LogP contribution in [0, 0.1) is 0 Å². The standard InChI is InChI=1S/C20H38O5Si2/c1-19(2,3)26(8,9)24-14-12-13(18(21)22-7)15-17(23-15)16(14)25-27(10,11)20(4,5)6/h12,14-17H,1-11H3/t14-,15?,16+,17?/m1/s1. The van der Waals surface area contributed by atoms with Crippen molar-refractivity contribution in [3.8, 4) is 0 Å². The van der Waals surface area contributed by atoms with Crippen LogP contribution >= 0.6 is 0 Å². The molecule has 2 unspecified atom stereocenters. The lowest BCUT2D eigenvalue weighted by Gasteiger charge is -2.45. The molecule has 4 atom stereocenters. The van der Waals surface area contributed by atoms with E-state index in [4.69, 9.17) is 18.3 Å². The van der Waals surface area contributed by atoms with Crippen LogP contribution in [0.4, 0.5) is 0 Å². The van der Waals surface area contributed by atoms with Gasteiger partial charge in [0.2, 0.25) is 0 Å². The molecule has 7 heteroatoms. The van der Waals surface area contributed by atoms with Crippen LogP contribution in [0.5, 0.6) is 0 Å². The van der Waals surface area contributed by atoms with Gasteiger partial charge in [-0.1, -0.05) is 41.5 Å². The average molecular weight is 415 g/mol. The molecule has 5 nitrogen and oxygen atoms in total. The van der Waals surface area contributed by atoms with E-state index in [-0.39, 0.29) is 40.5 Å². The lowest BCUT2D eigenvalue weighted by Crippen LogP contribution is -2.54. The molecule has 0 aromatic heterocycles. The van der Waals surface area contributed by atoms with Gasteiger partial charge in [0.25, 0.3) is 0 Å². The second kappa shape index (κ2) is 7.09. The van der Waals surface area contributed by atoms with Gasteiger partial charge < -0.3 is 18.3 Å². The first-order chi connectivity index (χ1) is 12.0. The smallest absolute Gasteiger partial charge is 0.336 e. The van der Waals surface area contributed by atoms with Gasteiger partial charge in [-0.25, -0.2) is 4.79 Å². The largest absolute Gasteiger partial charge is 0.466 e. The van der Waals surface area contributed by atoms with Crippen molar-refractivity contribution < 1.29 is 23.1 Å². The van der Waals surface area contributed by atoms with E-state index in [1.165, 1.54) is 7.11 Å². The number of epoxide rings is 1. The Kier molecular flexibility index (Phi) is 5.99. The van der Waals surface area contributed by atoms with Crippen LogP contribution in [0.3, 0.4) is 0 Å². The average Bonchev–Trinajstić information content (AvgIpc) is 3.26. The first-order valence-electron chi connectivity index (χ1n) is 9.83. The molecular weight excluding hydrogens is 376 g/mol. The number of carbonyl (C=O) groups is 1. The maximum absolute atomic E-state index is 12.2. The van der Waals surface area contributed by atoms with Crippen LogP contribution in [0.2, 0.25) is 36.3 Å². The molecule has 0 N–H and O–H groups in total. The Morgan fingerprint density at radius 1 is 0.963 bits per heavy atom. The van der Waals surface area contributed by atoms with E-state index in [0.29, 0.717) is 5.57 Å². The van der Waals surface area contributed by atoms with E-state index in [1.54, 1.807) is 0 Å². The summed E-state index contributed by atoms with van der Waals surface area (Å²) in [5, 5.41) is 0.153. The van der Waals surface area contributed by atoms with E-state index >= 15 is 0 Å². The third kappa shape index (κ3) is 4.58. The van der Waals surface area contributed by atoms with Gasteiger partial charge in [0, 0.05) is 0 Å². The fraction of sp³-hybridized carbons (Fsp3) is 0.850. The van der Waals surface area contributed by atoms with Gasteiger partial charge in [-0.05, 0) is 42.3 Å². The molecule has 156 valence electrons. The van der Waals surface area contributed by atoms with E-state index in [9.17, 15) is 4.79 Å². The molecule has 0 amide bonds.